The van der Waals surface area contributed by atoms with Gasteiger partial charge in [-0.1, -0.05) is 13.3 Å². The molecule has 1 aliphatic rings. The van der Waals surface area contributed by atoms with Crippen LogP contribution >= 0.6 is 0 Å². The van der Waals surface area contributed by atoms with E-state index in [2.05, 4.69) is 12.0 Å². The van der Waals surface area contributed by atoms with Gasteiger partial charge in [0.05, 0.1) is 0 Å². The van der Waals surface area contributed by atoms with Crippen molar-refractivity contribution in [3.8, 4) is 0 Å². The molecule has 2 rings (SSSR count). The van der Waals surface area contributed by atoms with Gasteiger partial charge < -0.3 is 4.74 Å². The molecular weight excluding hydrogens is 240 g/mol. The van der Waals surface area contributed by atoms with E-state index in [0.717, 1.165) is 31.4 Å². The Bertz CT molecular complexity index is 441. The second-order valence-electron chi connectivity index (χ2n) is 5.77. The van der Waals surface area contributed by atoms with Crippen LogP contribution in [0.25, 0.3) is 0 Å². The predicted octanol–water partition coefficient (Wildman–Crippen LogP) is 2.52. The second kappa shape index (κ2) is 5.87. The maximum absolute atomic E-state index is 12.5. The van der Waals surface area contributed by atoms with Crippen LogP contribution in [0, 0.1) is 5.92 Å². The molecule has 4 nitrogen and oxygen atoms in total. The molecule has 0 bridgehead atoms. The van der Waals surface area contributed by atoms with E-state index in [9.17, 15) is 4.79 Å². The molecule has 106 valence electrons. The van der Waals surface area contributed by atoms with E-state index in [1.54, 1.807) is 13.3 Å². The normalized spacial score (nSPS) is 27.4. The quantitative estimate of drug-likeness (QED) is 0.821. The molecule has 19 heavy (non-hydrogen) atoms. The average molecular weight is 264 g/mol. The van der Waals surface area contributed by atoms with Crippen LogP contribution in [0.15, 0.2) is 12.3 Å². The van der Waals surface area contributed by atoms with Crippen molar-refractivity contribution in [1.82, 2.24) is 9.78 Å². The second-order valence-corrected chi connectivity index (χ2v) is 5.77. The largest absolute Gasteiger partial charge is 0.370 e. The summed E-state index contributed by atoms with van der Waals surface area (Å²) in [5, 5.41) is 4.13. The fourth-order valence-electron chi connectivity index (χ4n) is 3.17. The van der Waals surface area contributed by atoms with Crippen molar-refractivity contribution in [2.45, 2.75) is 51.0 Å². The van der Waals surface area contributed by atoms with E-state index in [1.807, 2.05) is 17.8 Å². The molecule has 1 aromatic rings. The Morgan fingerprint density at radius 1 is 1.63 bits per heavy atom. The summed E-state index contributed by atoms with van der Waals surface area (Å²) in [7, 11) is 3.59. The molecule has 0 amide bonds. The molecular formula is C15H24N2O2. The number of aromatic nitrogens is 2. The summed E-state index contributed by atoms with van der Waals surface area (Å²) >= 11 is 0. The maximum atomic E-state index is 12.5. The van der Waals surface area contributed by atoms with E-state index in [0.29, 0.717) is 12.3 Å². The third kappa shape index (κ3) is 3.06. The molecule has 0 N–H and O–H groups in total. The predicted molar refractivity (Wildman–Crippen MR) is 73.9 cm³/mol. The van der Waals surface area contributed by atoms with Gasteiger partial charge in [-0.3, -0.25) is 9.48 Å². The lowest BCUT2D eigenvalue weighted by Gasteiger charge is -2.37. The molecule has 0 aromatic carbocycles. The lowest BCUT2D eigenvalue weighted by molar-refractivity contribution is -0.147. The van der Waals surface area contributed by atoms with E-state index in [4.69, 9.17) is 4.74 Å². The van der Waals surface area contributed by atoms with Crippen molar-refractivity contribution >= 4 is 5.78 Å². The van der Waals surface area contributed by atoms with Crippen molar-refractivity contribution in [2.75, 3.05) is 7.11 Å². The summed E-state index contributed by atoms with van der Waals surface area (Å²) in [4.78, 5) is 12.5. The topological polar surface area (TPSA) is 44.1 Å². The van der Waals surface area contributed by atoms with Gasteiger partial charge in [0, 0.05) is 32.5 Å². The molecule has 1 aliphatic carbocycles. The summed E-state index contributed by atoms with van der Waals surface area (Å²) in [6.45, 7) is 2.21. The molecule has 1 aromatic heterocycles. The van der Waals surface area contributed by atoms with Gasteiger partial charge in [-0.15, -0.1) is 0 Å². The Balaban J connectivity index is 1.99. The number of Topliss-reactive ketones (excluding diaryl/α,β-unsaturated/α-hetero) is 1. The number of hydrogen-bond donors (Lipinski definition) is 0. The smallest absolute Gasteiger partial charge is 0.165 e. The highest BCUT2D eigenvalue weighted by Gasteiger charge is 2.41. The number of rotatable bonds is 5. The summed E-state index contributed by atoms with van der Waals surface area (Å²) in [5.41, 5.74) is 0.569. The molecule has 1 heterocycles. The van der Waals surface area contributed by atoms with Crippen molar-refractivity contribution in [3.63, 3.8) is 0 Å². The van der Waals surface area contributed by atoms with Gasteiger partial charge in [-0.25, -0.2) is 0 Å². The van der Waals surface area contributed by atoms with E-state index >= 15 is 0 Å². The lowest BCUT2D eigenvalue weighted by atomic mass is 9.75. The molecule has 0 spiro atoms. The van der Waals surface area contributed by atoms with Gasteiger partial charge in [0.25, 0.3) is 0 Å². The van der Waals surface area contributed by atoms with E-state index in [1.165, 1.54) is 6.42 Å². The number of aryl methyl sites for hydroxylation is 2. The molecule has 2 unspecified atom stereocenters. The molecule has 1 saturated carbocycles. The van der Waals surface area contributed by atoms with Gasteiger partial charge in [0.2, 0.25) is 0 Å². The van der Waals surface area contributed by atoms with Crippen molar-refractivity contribution in [1.29, 1.82) is 0 Å². The first-order valence-corrected chi connectivity index (χ1v) is 7.13. The Morgan fingerprint density at radius 2 is 2.42 bits per heavy atom. The lowest BCUT2D eigenvalue weighted by Crippen LogP contribution is -2.44. The molecule has 1 fully saturated rings. The maximum Gasteiger partial charge on any atom is 0.165 e. The number of carbonyl (C=O) groups is 1. The number of carbonyl (C=O) groups excluding carboxylic acids is 1. The van der Waals surface area contributed by atoms with Crippen LogP contribution in [-0.2, 0) is 23.0 Å². The minimum atomic E-state index is -0.531. The first kappa shape index (κ1) is 14.3. The zero-order valence-electron chi connectivity index (χ0n) is 12.2. The third-order valence-corrected chi connectivity index (χ3v) is 4.39. The standard InChI is InChI=1S/C15H24N2O2/c1-12-5-4-9-15(11-12,19-3)14(18)7-6-13-8-10-16-17(13)2/h8,10,12H,4-7,9,11H2,1-3H3. The number of ether oxygens (including phenoxy) is 1. The SMILES string of the molecule is COC1(C(=O)CCc2ccnn2C)CCCC(C)C1. The fraction of sp³-hybridized carbons (Fsp3) is 0.733. The number of nitrogens with zero attached hydrogens (tertiary/aromatic N) is 2. The summed E-state index contributed by atoms with van der Waals surface area (Å²) < 4.78 is 7.47. The van der Waals surface area contributed by atoms with Gasteiger partial charge in [0.15, 0.2) is 5.78 Å². The Labute approximate surface area is 115 Å². The Kier molecular flexibility index (Phi) is 4.40. The van der Waals surface area contributed by atoms with Gasteiger partial charge in [0.1, 0.15) is 5.60 Å². The van der Waals surface area contributed by atoms with Crippen LogP contribution in [0.1, 0.15) is 44.7 Å². The summed E-state index contributed by atoms with van der Waals surface area (Å²) in [6.07, 6.45) is 7.10. The zero-order valence-corrected chi connectivity index (χ0v) is 12.2. The van der Waals surface area contributed by atoms with Gasteiger partial charge in [-0.2, -0.15) is 5.10 Å². The fourth-order valence-corrected chi connectivity index (χ4v) is 3.17. The molecule has 4 heteroatoms. The summed E-state index contributed by atoms with van der Waals surface area (Å²) in [6, 6.07) is 1.97. The zero-order chi connectivity index (χ0) is 13.9. The van der Waals surface area contributed by atoms with Crippen LogP contribution < -0.4 is 0 Å². The highest BCUT2D eigenvalue weighted by Crippen LogP contribution is 2.36. The van der Waals surface area contributed by atoms with Crippen LogP contribution in [0.3, 0.4) is 0 Å². The Hall–Kier alpha value is -1.16. The Morgan fingerprint density at radius 3 is 3.00 bits per heavy atom. The van der Waals surface area contributed by atoms with Crippen LogP contribution in [0.4, 0.5) is 0 Å². The summed E-state index contributed by atoms with van der Waals surface area (Å²) in [5.74, 6) is 0.831. The van der Waals surface area contributed by atoms with E-state index in [-0.39, 0.29) is 5.78 Å². The van der Waals surface area contributed by atoms with Gasteiger partial charge in [-0.05, 0) is 37.7 Å². The van der Waals surface area contributed by atoms with Gasteiger partial charge >= 0.3 is 0 Å². The van der Waals surface area contributed by atoms with Crippen molar-refractivity contribution in [2.24, 2.45) is 13.0 Å². The third-order valence-electron chi connectivity index (χ3n) is 4.39. The minimum Gasteiger partial charge on any atom is -0.370 e. The number of hydrogen-bond acceptors (Lipinski definition) is 3. The first-order valence-electron chi connectivity index (χ1n) is 7.13. The highest BCUT2D eigenvalue weighted by atomic mass is 16.5. The number of ketones is 1. The van der Waals surface area contributed by atoms with Crippen molar-refractivity contribution < 1.29 is 9.53 Å². The molecule has 0 radical (unpaired) electrons. The highest BCUT2D eigenvalue weighted by molar-refractivity contribution is 5.87. The molecule has 0 aliphatic heterocycles. The van der Waals surface area contributed by atoms with Crippen LogP contribution in [-0.4, -0.2) is 28.3 Å². The van der Waals surface area contributed by atoms with Crippen molar-refractivity contribution in [3.05, 3.63) is 18.0 Å². The van der Waals surface area contributed by atoms with Crippen LogP contribution in [0.5, 0.6) is 0 Å². The van der Waals surface area contributed by atoms with Crippen LogP contribution in [0.2, 0.25) is 0 Å². The molecule has 2 atom stereocenters. The number of methoxy groups -OCH3 is 1. The first-order chi connectivity index (χ1) is 9.07. The monoisotopic (exact) mass is 264 g/mol. The average Bonchev–Trinajstić information content (AvgIpc) is 2.81. The minimum absolute atomic E-state index is 0.253. The molecule has 0 saturated heterocycles. The van der Waals surface area contributed by atoms with E-state index < -0.39 is 5.60 Å².